The Hall–Kier alpha value is -3.44. The minimum atomic E-state index is -2.74. The first kappa shape index (κ1) is 30.1. The van der Waals surface area contributed by atoms with Gasteiger partial charge in [-0.25, -0.2) is 4.79 Å². The van der Waals surface area contributed by atoms with E-state index in [1.807, 2.05) is 6.92 Å². The minimum Gasteiger partial charge on any atom is -0.490 e. The number of carboxylic acids is 3. The number of carbonyl (C=O) groups is 3. The Morgan fingerprint density at radius 1 is 1.03 bits per heavy atom. The van der Waals surface area contributed by atoms with Crippen molar-refractivity contribution >= 4 is 17.9 Å². The number of ether oxygens (including phenoxy) is 1. The molecule has 0 amide bonds. The number of benzene rings is 1. The largest absolute Gasteiger partial charge is 0.490 e. The van der Waals surface area contributed by atoms with Gasteiger partial charge in [0, 0.05) is 30.6 Å². The lowest BCUT2D eigenvalue weighted by Crippen LogP contribution is -2.42. The topological polar surface area (TPSA) is 179 Å². The van der Waals surface area contributed by atoms with Gasteiger partial charge in [-0.1, -0.05) is 29.8 Å². The summed E-state index contributed by atoms with van der Waals surface area (Å²) in [6.07, 6.45) is 7.89. The molecule has 2 aliphatic carbocycles. The van der Waals surface area contributed by atoms with E-state index in [9.17, 15) is 14.4 Å². The van der Waals surface area contributed by atoms with Crippen LogP contribution in [-0.4, -0.2) is 61.2 Å². The highest BCUT2D eigenvalue weighted by Gasteiger charge is 2.40. The Balaban J connectivity index is 0.000000276. The van der Waals surface area contributed by atoms with Crippen molar-refractivity contribution in [1.82, 2.24) is 10.5 Å². The molecule has 0 unspecified atom stereocenters. The summed E-state index contributed by atoms with van der Waals surface area (Å²) in [5.41, 5.74) is -0.487. The number of nitrogens with one attached hydrogen (secondary N) is 1. The van der Waals surface area contributed by atoms with Crippen molar-refractivity contribution in [2.24, 2.45) is 5.92 Å². The molecule has 2 atom stereocenters. The number of rotatable bonds is 12. The average Bonchev–Trinajstić information content (AvgIpc) is 3.62. The summed E-state index contributed by atoms with van der Waals surface area (Å²) in [5.74, 6) is -2.31. The second-order valence-corrected chi connectivity index (χ2v) is 10.4. The molecule has 5 N–H and O–H groups in total. The molecule has 2 aromatic rings. The maximum atomic E-state index is 10.3. The smallest absolute Gasteiger partial charge is 0.336 e. The summed E-state index contributed by atoms with van der Waals surface area (Å²) in [5, 5.41) is 41.6. The van der Waals surface area contributed by atoms with Gasteiger partial charge < -0.3 is 35.0 Å². The third kappa shape index (κ3) is 9.36. The molecule has 2 saturated carbocycles. The summed E-state index contributed by atoms with van der Waals surface area (Å²) in [7, 11) is 0. The first-order valence-electron chi connectivity index (χ1n) is 13.3. The quantitative estimate of drug-likeness (QED) is 0.263. The molecule has 39 heavy (non-hydrogen) atoms. The number of carboxylic acid groups (broad SMARTS) is 3. The fourth-order valence-corrected chi connectivity index (χ4v) is 5.23. The zero-order chi connectivity index (χ0) is 28.4. The molecule has 0 spiro atoms. The van der Waals surface area contributed by atoms with E-state index in [1.165, 1.54) is 50.5 Å². The molecule has 1 aromatic heterocycles. The average molecular weight is 547 g/mol. The van der Waals surface area contributed by atoms with Crippen LogP contribution in [0.2, 0.25) is 0 Å². The van der Waals surface area contributed by atoms with Crippen molar-refractivity contribution in [3.63, 3.8) is 0 Å². The number of aliphatic hydroxyl groups is 1. The highest BCUT2D eigenvalue weighted by atomic mass is 16.5. The van der Waals surface area contributed by atoms with E-state index in [2.05, 4.69) is 40.8 Å². The maximum absolute atomic E-state index is 10.3. The first-order chi connectivity index (χ1) is 18.6. The Kier molecular flexibility index (Phi) is 10.9. The molecule has 1 heterocycles. The van der Waals surface area contributed by atoms with E-state index >= 15 is 0 Å². The summed E-state index contributed by atoms with van der Waals surface area (Å²) < 4.78 is 11.7. The predicted octanol–water partition coefficient (Wildman–Crippen LogP) is 3.56. The molecule has 11 heteroatoms. The van der Waals surface area contributed by atoms with Crippen LogP contribution in [0.25, 0.3) is 0 Å². The van der Waals surface area contributed by atoms with Gasteiger partial charge in [0.05, 0.1) is 24.6 Å². The van der Waals surface area contributed by atoms with Crippen LogP contribution in [0.3, 0.4) is 0 Å². The van der Waals surface area contributed by atoms with Gasteiger partial charge in [0.1, 0.15) is 11.5 Å². The van der Waals surface area contributed by atoms with Crippen LogP contribution in [0.5, 0.6) is 5.75 Å². The third-order valence-electron chi connectivity index (χ3n) is 7.21. The summed E-state index contributed by atoms with van der Waals surface area (Å²) >= 11 is 0. The maximum Gasteiger partial charge on any atom is 0.336 e. The number of aliphatic carboxylic acids is 3. The van der Waals surface area contributed by atoms with Gasteiger partial charge in [0.15, 0.2) is 5.60 Å². The molecule has 0 saturated heterocycles. The van der Waals surface area contributed by atoms with Crippen LogP contribution in [0.1, 0.15) is 74.8 Å². The molecule has 2 fully saturated rings. The van der Waals surface area contributed by atoms with Gasteiger partial charge in [-0.15, -0.1) is 0 Å². The zero-order valence-corrected chi connectivity index (χ0v) is 22.2. The summed E-state index contributed by atoms with van der Waals surface area (Å²) in [6.45, 7) is 2.86. The molecule has 1 aromatic carbocycles. The van der Waals surface area contributed by atoms with Gasteiger partial charge in [-0.05, 0) is 57.4 Å². The van der Waals surface area contributed by atoms with Crippen molar-refractivity contribution in [3.8, 4) is 5.75 Å². The van der Waals surface area contributed by atoms with Crippen molar-refractivity contribution in [2.75, 3.05) is 0 Å². The van der Waals surface area contributed by atoms with Crippen LogP contribution < -0.4 is 10.1 Å². The molecule has 0 aliphatic heterocycles. The summed E-state index contributed by atoms with van der Waals surface area (Å²) in [4.78, 5) is 30.5. The number of aryl methyl sites for hydroxylation is 1. The van der Waals surface area contributed by atoms with Gasteiger partial charge in [-0.2, -0.15) is 0 Å². The van der Waals surface area contributed by atoms with Crippen molar-refractivity contribution in [2.45, 2.75) is 95.4 Å². The molecule has 214 valence electrons. The van der Waals surface area contributed by atoms with Crippen molar-refractivity contribution in [3.05, 3.63) is 47.3 Å². The minimum absolute atomic E-state index is 0.407. The lowest BCUT2D eigenvalue weighted by Gasteiger charge is -2.22. The Morgan fingerprint density at radius 2 is 1.69 bits per heavy atom. The van der Waals surface area contributed by atoms with Crippen molar-refractivity contribution < 1.29 is 44.1 Å². The number of aromatic nitrogens is 1. The molecule has 0 bridgehead atoms. The van der Waals surface area contributed by atoms with Crippen LogP contribution >= 0.6 is 0 Å². The Labute approximate surface area is 227 Å². The van der Waals surface area contributed by atoms with E-state index < -0.39 is 36.4 Å². The number of para-hydroxylation sites is 1. The lowest BCUT2D eigenvalue weighted by atomic mass is 9.96. The van der Waals surface area contributed by atoms with Crippen LogP contribution in [-0.2, 0) is 27.3 Å². The van der Waals surface area contributed by atoms with E-state index in [1.54, 1.807) is 0 Å². The van der Waals surface area contributed by atoms with Gasteiger partial charge in [0.25, 0.3) is 0 Å². The van der Waals surface area contributed by atoms with Gasteiger partial charge >= 0.3 is 17.9 Å². The molecule has 4 rings (SSSR count). The molecule has 0 radical (unpaired) electrons. The standard InChI is InChI=1S/C22H30N2O2.C6H8O7/c1-16-13-20(26-24-16)14-17-8-6-11-21(17)23-15-18-7-2-5-12-22(18)25-19-9-3-4-10-19;7-3(8)1-6(13,5(11)12)2-4(9)10/h2,5,7,12-13,17,19,21,23H,3-4,6,8-11,14-15H2,1H3;13H,1-2H2,(H,7,8)(H,9,10)(H,11,12)/t17-,21+;/m0./s1. The SMILES string of the molecule is Cc1cc(C[C@@H]2CCC[C@H]2NCc2ccccc2OC2CCCC2)on1.O=C(O)CC(O)(CC(=O)O)C(=O)O. The zero-order valence-electron chi connectivity index (χ0n) is 22.2. The summed E-state index contributed by atoms with van der Waals surface area (Å²) in [6, 6.07) is 11.1. The second-order valence-electron chi connectivity index (χ2n) is 10.4. The van der Waals surface area contributed by atoms with Crippen LogP contribution in [0, 0.1) is 12.8 Å². The molecular weight excluding hydrogens is 508 g/mol. The number of nitrogens with zero attached hydrogens (tertiary/aromatic N) is 1. The highest BCUT2D eigenvalue weighted by molar-refractivity contribution is 5.88. The Bertz CT molecular complexity index is 1090. The number of hydrogen-bond donors (Lipinski definition) is 5. The van der Waals surface area contributed by atoms with Gasteiger partial charge in [0.2, 0.25) is 0 Å². The normalized spacial score (nSPS) is 19.3. The van der Waals surface area contributed by atoms with E-state index in [0.717, 1.165) is 30.2 Å². The fourth-order valence-electron chi connectivity index (χ4n) is 5.23. The lowest BCUT2D eigenvalue weighted by molar-refractivity contribution is -0.170. The van der Waals surface area contributed by atoms with E-state index in [-0.39, 0.29) is 0 Å². The fraction of sp³-hybridized carbons (Fsp3) is 0.571. The monoisotopic (exact) mass is 546 g/mol. The van der Waals surface area contributed by atoms with Crippen molar-refractivity contribution in [1.29, 1.82) is 0 Å². The third-order valence-corrected chi connectivity index (χ3v) is 7.21. The van der Waals surface area contributed by atoms with Gasteiger partial charge in [-0.3, -0.25) is 9.59 Å². The van der Waals surface area contributed by atoms with E-state index in [4.69, 9.17) is 29.7 Å². The predicted molar refractivity (Wildman–Crippen MR) is 139 cm³/mol. The Morgan fingerprint density at radius 3 is 2.28 bits per heavy atom. The molecule has 11 nitrogen and oxygen atoms in total. The second kappa shape index (κ2) is 14.1. The van der Waals surface area contributed by atoms with Crippen LogP contribution in [0.15, 0.2) is 34.9 Å². The molecular formula is C28H38N2O9. The highest BCUT2D eigenvalue weighted by Crippen LogP contribution is 2.31. The van der Waals surface area contributed by atoms with Crippen LogP contribution in [0.4, 0.5) is 0 Å². The number of hydrogen-bond acceptors (Lipinski definition) is 8. The first-order valence-corrected chi connectivity index (χ1v) is 13.3. The van der Waals surface area contributed by atoms with E-state index in [0.29, 0.717) is 18.1 Å². The molecule has 2 aliphatic rings.